The molecule has 0 saturated heterocycles. The summed E-state index contributed by atoms with van der Waals surface area (Å²) in [5.41, 5.74) is 2.20. The van der Waals surface area contributed by atoms with Gasteiger partial charge in [-0.15, -0.1) is 12.4 Å². The molecule has 2 rings (SSSR count). The molecule has 1 aliphatic rings. The van der Waals surface area contributed by atoms with Crippen LogP contribution < -0.4 is 5.32 Å². The van der Waals surface area contributed by atoms with E-state index in [2.05, 4.69) is 12.2 Å². The van der Waals surface area contributed by atoms with Gasteiger partial charge in [0.1, 0.15) is 5.82 Å². The van der Waals surface area contributed by atoms with Crippen molar-refractivity contribution >= 4 is 12.4 Å². The van der Waals surface area contributed by atoms with Crippen molar-refractivity contribution in [2.45, 2.75) is 51.6 Å². The van der Waals surface area contributed by atoms with Gasteiger partial charge in [-0.3, -0.25) is 0 Å². The summed E-state index contributed by atoms with van der Waals surface area (Å²) >= 11 is 0. The van der Waals surface area contributed by atoms with Crippen molar-refractivity contribution in [1.82, 2.24) is 5.32 Å². The van der Waals surface area contributed by atoms with Gasteiger partial charge < -0.3 is 5.32 Å². The van der Waals surface area contributed by atoms with Crippen molar-refractivity contribution in [2.75, 3.05) is 0 Å². The lowest BCUT2D eigenvalue weighted by molar-refractivity contribution is 0.175. The predicted octanol–water partition coefficient (Wildman–Crippen LogP) is 3.98. The van der Waals surface area contributed by atoms with E-state index in [1.54, 1.807) is 6.07 Å². The van der Waals surface area contributed by atoms with Crippen LogP contribution in [0.3, 0.4) is 0 Å². The normalized spacial score (nSPS) is 17.1. The Bertz CT molecular complexity index is 369. The second-order valence-electron chi connectivity index (χ2n) is 4.94. The Balaban J connectivity index is 0.00000144. The largest absolute Gasteiger partial charge is 0.307 e. The summed E-state index contributed by atoms with van der Waals surface area (Å²) in [6, 6.07) is 5.31. The highest BCUT2D eigenvalue weighted by Crippen LogP contribution is 2.34. The van der Waals surface area contributed by atoms with Crippen molar-refractivity contribution < 1.29 is 4.39 Å². The molecule has 17 heavy (non-hydrogen) atoms. The van der Waals surface area contributed by atoms with Gasteiger partial charge in [0, 0.05) is 17.6 Å². The first kappa shape index (κ1) is 14.5. The topological polar surface area (TPSA) is 12.0 Å². The van der Waals surface area contributed by atoms with Crippen molar-refractivity contribution in [3.63, 3.8) is 0 Å². The Kier molecular flexibility index (Phi) is 4.96. The van der Waals surface area contributed by atoms with Crippen LogP contribution in [0, 0.1) is 12.7 Å². The second kappa shape index (κ2) is 5.83. The molecule has 1 saturated carbocycles. The molecule has 96 valence electrons. The van der Waals surface area contributed by atoms with Gasteiger partial charge in [-0.2, -0.15) is 0 Å². The van der Waals surface area contributed by atoms with Gasteiger partial charge in [-0.05, 0) is 38.7 Å². The molecule has 1 aromatic carbocycles. The third-order valence-electron chi connectivity index (χ3n) is 3.84. The second-order valence-corrected chi connectivity index (χ2v) is 4.94. The van der Waals surface area contributed by atoms with Crippen LogP contribution in [0.4, 0.5) is 4.39 Å². The fourth-order valence-electron chi connectivity index (χ4n) is 2.38. The van der Waals surface area contributed by atoms with E-state index >= 15 is 0 Å². The van der Waals surface area contributed by atoms with Gasteiger partial charge in [-0.25, -0.2) is 4.39 Å². The van der Waals surface area contributed by atoms with Crippen molar-refractivity contribution in [3.05, 3.63) is 35.1 Å². The summed E-state index contributed by atoms with van der Waals surface area (Å²) in [6.45, 7) is 4.86. The lowest BCUT2D eigenvalue weighted by atomic mass is 9.75. The number of rotatable bonds is 4. The zero-order valence-electron chi connectivity index (χ0n) is 10.6. The number of halogens is 2. The Morgan fingerprint density at radius 3 is 2.59 bits per heavy atom. The Hall–Kier alpha value is -0.600. The van der Waals surface area contributed by atoms with E-state index in [9.17, 15) is 4.39 Å². The molecule has 1 fully saturated rings. The van der Waals surface area contributed by atoms with Crippen LogP contribution in [0.1, 0.15) is 43.7 Å². The summed E-state index contributed by atoms with van der Waals surface area (Å²) in [7, 11) is 0. The van der Waals surface area contributed by atoms with Crippen molar-refractivity contribution in [3.8, 4) is 0 Å². The molecule has 1 aromatic rings. The van der Waals surface area contributed by atoms with E-state index in [-0.39, 0.29) is 23.8 Å². The SMILES string of the molecule is CCC1(NCc2cc(C)ccc2F)CCC1.Cl. The van der Waals surface area contributed by atoms with Crippen molar-refractivity contribution in [1.29, 1.82) is 0 Å². The predicted molar refractivity (Wildman–Crippen MR) is 72.1 cm³/mol. The highest BCUT2D eigenvalue weighted by atomic mass is 35.5. The minimum atomic E-state index is -0.0938. The molecule has 1 aliphatic carbocycles. The van der Waals surface area contributed by atoms with Crippen LogP contribution in [0.2, 0.25) is 0 Å². The van der Waals surface area contributed by atoms with E-state index in [1.807, 2.05) is 19.1 Å². The van der Waals surface area contributed by atoms with Crippen LogP contribution in [0.15, 0.2) is 18.2 Å². The maximum atomic E-state index is 13.5. The van der Waals surface area contributed by atoms with Gasteiger partial charge >= 0.3 is 0 Å². The third-order valence-corrected chi connectivity index (χ3v) is 3.84. The number of nitrogens with one attached hydrogen (secondary N) is 1. The summed E-state index contributed by atoms with van der Waals surface area (Å²) in [5.74, 6) is -0.0938. The first-order chi connectivity index (χ1) is 7.65. The van der Waals surface area contributed by atoms with Gasteiger partial charge in [-0.1, -0.05) is 24.6 Å². The molecule has 0 aromatic heterocycles. The minimum absolute atomic E-state index is 0. The summed E-state index contributed by atoms with van der Waals surface area (Å²) in [6.07, 6.45) is 4.91. The van der Waals surface area contributed by atoms with Crippen molar-refractivity contribution in [2.24, 2.45) is 0 Å². The van der Waals surface area contributed by atoms with Crippen LogP contribution in [0.5, 0.6) is 0 Å². The first-order valence-electron chi connectivity index (χ1n) is 6.15. The molecular weight excluding hydrogens is 237 g/mol. The number of aryl methyl sites for hydroxylation is 1. The molecule has 0 unspecified atom stereocenters. The fourth-order valence-corrected chi connectivity index (χ4v) is 2.38. The van der Waals surface area contributed by atoms with Crippen LogP contribution in [0.25, 0.3) is 0 Å². The highest BCUT2D eigenvalue weighted by Gasteiger charge is 2.34. The molecule has 0 amide bonds. The van der Waals surface area contributed by atoms with Crippen LogP contribution in [-0.2, 0) is 6.54 Å². The highest BCUT2D eigenvalue weighted by molar-refractivity contribution is 5.85. The molecule has 1 nitrogen and oxygen atoms in total. The zero-order valence-corrected chi connectivity index (χ0v) is 11.4. The standard InChI is InChI=1S/C14H20FN.ClH/c1-3-14(7-4-8-14)16-10-12-9-11(2)5-6-13(12)15;/h5-6,9,16H,3-4,7-8,10H2,1-2H3;1H. The summed E-state index contributed by atoms with van der Waals surface area (Å²) < 4.78 is 13.5. The van der Waals surface area contributed by atoms with E-state index in [0.717, 1.165) is 17.5 Å². The van der Waals surface area contributed by atoms with E-state index < -0.39 is 0 Å². The quantitative estimate of drug-likeness (QED) is 0.860. The Morgan fingerprint density at radius 1 is 1.35 bits per heavy atom. The Labute approximate surface area is 109 Å². The molecule has 0 radical (unpaired) electrons. The Morgan fingerprint density at radius 2 is 2.06 bits per heavy atom. The molecule has 0 bridgehead atoms. The maximum absolute atomic E-state index is 13.5. The van der Waals surface area contributed by atoms with E-state index in [0.29, 0.717) is 6.54 Å². The smallest absolute Gasteiger partial charge is 0.127 e. The third kappa shape index (κ3) is 3.20. The summed E-state index contributed by atoms with van der Waals surface area (Å²) in [4.78, 5) is 0. The molecule has 0 spiro atoms. The van der Waals surface area contributed by atoms with Crippen LogP contribution >= 0.6 is 12.4 Å². The molecular formula is C14H21ClFN. The lowest BCUT2D eigenvalue weighted by Gasteiger charge is -2.42. The van der Waals surface area contributed by atoms with Gasteiger partial charge in [0.25, 0.3) is 0 Å². The zero-order chi connectivity index (χ0) is 11.6. The maximum Gasteiger partial charge on any atom is 0.127 e. The summed E-state index contributed by atoms with van der Waals surface area (Å²) in [5, 5.41) is 3.53. The average molecular weight is 258 g/mol. The molecule has 0 heterocycles. The number of hydrogen-bond acceptors (Lipinski definition) is 1. The molecule has 1 N–H and O–H groups in total. The van der Waals surface area contributed by atoms with Gasteiger partial charge in [0.2, 0.25) is 0 Å². The molecule has 0 aliphatic heterocycles. The van der Waals surface area contributed by atoms with Gasteiger partial charge in [0.15, 0.2) is 0 Å². The number of hydrogen-bond donors (Lipinski definition) is 1. The van der Waals surface area contributed by atoms with Crippen LogP contribution in [-0.4, -0.2) is 5.54 Å². The lowest BCUT2D eigenvalue weighted by Crippen LogP contribution is -2.49. The monoisotopic (exact) mass is 257 g/mol. The average Bonchev–Trinajstić information content (AvgIpc) is 2.22. The minimum Gasteiger partial charge on any atom is -0.307 e. The molecule has 3 heteroatoms. The number of benzene rings is 1. The fraction of sp³-hybridized carbons (Fsp3) is 0.571. The van der Waals surface area contributed by atoms with E-state index in [4.69, 9.17) is 0 Å². The van der Waals surface area contributed by atoms with E-state index in [1.165, 1.54) is 19.3 Å². The molecule has 0 atom stereocenters. The first-order valence-corrected chi connectivity index (χ1v) is 6.15. The van der Waals surface area contributed by atoms with Gasteiger partial charge in [0.05, 0.1) is 0 Å².